The first-order valence-corrected chi connectivity index (χ1v) is 4.35. The van der Waals surface area contributed by atoms with Gasteiger partial charge in [0.05, 0.1) is 0 Å². The summed E-state index contributed by atoms with van der Waals surface area (Å²) in [5.41, 5.74) is 1.12. The third kappa shape index (κ3) is 4.67. The lowest BCUT2D eigenvalue weighted by atomic mass is 10.3. The van der Waals surface area contributed by atoms with Gasteiger partial charge >= 0.3 is 0 Å². The van der Waals surface area contributed by atoms with Crippen LogP contribution in [-0.2, 0) is 0 Å². The predicted molar refractivity (Wildman–Crippen MR) is 50.1 cm³/mol. The van der Waals surface area contributed by atoms with E-state index in [9.17, 15) is 0 Å². The average Bonchev–Trinajstić information content (AvgIpc) is 1.82. The molecule has 0 radical (unpaired) electrons. The maximum absolute atomic E-state index is 3.66. The third-order valence-corrected chi connectivity index (χ3v) is 1.63. The lowest BCUT2D eigenvalue weighted by Gasteiger charge is -1.91. The van der Waals surface area contributed by atoms with Crippen LogP contribution < -0.4 is 0 Å². The molecule has 0 saturated heterocycles. The van der Waals surface area contributed by atoms with Gasteiger partial charge in [0.15, 0.2) is 0 Å². The fourth-order valence-electron chi connectivity index (χ4n) is 0.353. The summed E-state index contributed by atoms with van der Waals surface area (Å²) in [4.78, 5) is 0. The summed E-state index contributed by atoms with van der Waals surface area (Å²) in [5.74, 6) is 0. The van der Waals surface area contributed by atoms with Gasteiger partial charge < -0.3 is 0 Å². The molecule has 0 amide bonds. The van der Waals surface area contributed by atoms with E-state index in [0.29, 0.717) is 0 Å². The number of hydrogen-bond donors (Lipinski definition) is 0. The van der Waals surface area contributed by atoms with Crippen molar-refractivity contribution in [3.8, 4) is 0 Å². The molecule has 0 aromatic heterocycles. The molecule has 0 aromatic carbocycles. The number of hydrogen-bond acceptors (Lipinski definition) is 0. The van der Waals surface area contributed by atoms with E-state index in [1.54, 1.807) is 6.08 Å². The molecule has 0 heterocycles. The Morgan fingerprint density at radius 3 is 2.22 bits per heavy atom. The molecule has 0 aromatic rings. The molecule has 50 valence electrons. The van der Waals surface area contributed by atoms with Crippen molar-refractivity contribution >= 4 is 31.9 Å². The van der Waals surface area contributed by atoms with E-state index < -0.39 is 0 Å². The maximum atomic E-state index is 3.66. The molecule has 9 heavy (non-hydrogen) atoms. The molecule has 0 aliphatic rings. The topological polar surface area (TPSA) is 0 Å². The van der Waals surface area contributed by atoms with E-state index in [1.807, 2.05) is 6.08 Å². The van der Waals surface area contributed by atoms with Gasteiger partial charge in [0.1, 0.15) is 0 Å². The van der Waals surface area contributed by atoms with Crippen molar-refractivity contribution < 1.29 is 0 Å². The molecule has 0 rings (SSSR count). The standard InChI is InChI=1S/C7H8Br2/c1-3-7(5-8)4-6(2)9/h3-4H,1-2,5H2/b7-4+. The normalized spacial score (nSPS) is 11.1. The molecule has 0 aliphatic heterocycles. The summed E-state index contributed by atoms with van der Waals surface area (Å²) in [6.07, 6.45) is 3.71. The lowest BCUT2D eigenvalue weighted by molar-refractivity contribution is 1.57. The molecule has 0 aliphatic carbocycles. The second-order valence-electron chi connectivity index (χ2n) is 1.50. The van der Waals surface area contributed by atoms with E-state index in [0.717, 1.165) is 15.4 Å². The SMILES string of the molecule is C=C/C(=C\C(=C)Br)CBr. The predicted octanol–water partition coefficient (Wildman–Crippen LogP) is 3.40. The fourth-order valence-corrected chi connectivity index (χ4v) is 1.04. The van der Waals surface area contributed by atoms with Crippen molar-refractivity contribution in [1.82, 2.24) is 0 Å². The molecule has 0 fully saturated rings. The first-order chi connectivity index (χ1) is 4.20. The van der Waals surface area contributed by atoms with Crippen molar-refractivity contribution in [1.29, 1.82) is 0 Å². The van der Waals surface area contributed by atoms with Gasteiger partial charge in [-0.25, -0.2) is 0 Å². The Kier molecular flexibility index (Phi) is 5.10. The first kappa shape index (κ1) is 9.18. The van der Waals surface area contributed by atoms with E-state index in [-0.39, 0.29) is 0 Å². The summed E-state index contributed by atoms with van der Waals surface area (Å²) in [5, 5.41) is 0.821. The van der Waals surface area contributed by atoms with Gasteiger partial charge in [0.2, 0.25) is 0 Å². The molecular formula is C7H8Br2. The Labute approximate surface area is 72.6 Å². The average molecular weight is 252 g/mol. The largest absolute Gasteiger partial charge is 0.0988 e. The highest BCUT2D eigenvalue weighted by atomic mass is 79.9. The van der Waals surface area contributed by atoms with Gasteiger partial charge in [-0.2, -0.15) is 0 Å². The molecule has 0 N–H and O–H groups in total. The Bertz CT molecular complexity index is 145. The molecule has 0 bridgehead atoms. The number of alkyl halides is 1. The van der Waals surface area contributed by atoms with Crippen LogP contribution in [0.4, 0.5) is 0 Å². The van der Waals surface area contributed by atoms with E-state index >= 15 is 0 Å². The summed E-state index contributed by atoms with van der Waals surface area (Å²) in [6, 6.07) is 0. The van der Waals surface area contributed by atoms with Crippen molar-refractivity contribution in [3.63, 3.8) is 0 Å². The van der Waals surface area contributed by atoms with Crippen LogP contribution >= 0.6 is 31.9 Å². The zero-order valence-electron chi connectivity index (χ0n) is 5.03. The Balaban J connectivity index is 4.07. The zero-order chi connectivity index (χ0) is 7.28. The molecule has 0 unspecified atom stereocenters. The van der Waals surface area contributed by atoms with Gasteiger partial charge in [-0.15, -0.1) is 0 Å². The van der Waals surface area contributed by atoms with Crippen molar-refractivity contribution in [2.75, 3.05) is 5.33 Å². The van der Waals surface area contributed by atoms with Crippen molar-refractivity contribution in [2.45, 2.75) is 0 Å². The number of halogens is 2. The molecule has 0 saturated carbocycles. The second kappa shape index (κ2) is 5.00. The van der Waals surface area contributed by atoms with Gasteiger partial charge in [-0.3, -0.25) is 0 Å². The highest BCUT2D eigenvalue weighted by Crippen LogP contribution is 2.09. The second-order valence-corrected chi connectivity index (χ2v) is 3.08. The van der Waals surface area contributed by atoms with Crippen LogP contribution in [-0.4, -0.2) is 5.33 Å². The number of allylic oxidation sites excluding steroid dienone is 4. The van der Waals surface area contributed by atoms with Crippen LogP contribution in [0.1, 0.15) is 0 Å². The van der Waals surface area contributed by atoms with Gasteiger partial charge in [0, 0.05) is 9.81 Å². The van der Waals surface area contributed by atoms with Crippen molar-refractivity contribution in [3.05, 3.63) is 35.4 Å². The van der Waals surface area contributed by atoms with Crippen LogP contribution in [0.2, 0.25) is 0 Å². The smallest absolute Gasteiger partial charge is 0.0283 e. The maximum Gasteiger partial charge on any atom is 0.0283 e. The molecule has 2 heteroatoms. The molecule has 0 nitrogen and oxygen atoms in total. The lowest BCUT2D eigenvalue weighted by Crippen LogP contribution is -1.75. The van der Waals surface area contributed by atoms with Crippen LogP contribution in [0.3, 0.4) is 0 Å². The fraction of sp³-hybridized carbons (Fsp3) is 0.143. The minimum atomic E-state index is 0.821. The van der Waals surface area contributed by atoms with Gasteiger partial charge in [0.25, 0.3) is 0 Å². The Morgan fingerprint density at radius 2 is 2.11 bits per heavy atom. The molecule has 0 spiro atoms. The number of rotatable bonds is 3. The molecular weight excluding hydrogens is 244 g/mol. The minimum Gasteiger partial charge on any atom is -0.0988 e. The van der Waals surface area contributed by atoms with Crippen molar-refractivity contribution in [2.24, 2.45) is 0 Å². The monoisotopic (exact) mass is 250 g/mol. The summed E-state index contributed by atoms with van der Waals surface area (Å²) >= 11 is 6.52. The first-order valence-electron chi connectivity index (χ1n) is 2.44. The Hall–Kier alpha value is 0.180. The van der Waals surface area contributed by atoms with E-state index in [4.69, 9.17) is 0 Å². The summed E-state index contributed by atoms with van der Waals surface area (Å²) in [7, 11) is 0. The Morgan fingerprint density at radius 1 is 1.56 bits per heavy atom. The van der Waals surface area contributed by atoms with Crippen LogP contribution in [0.15, 0.2) is 35.4 Å². The summed E-state index contributed by atoms with van der Waals surface area (Å²) in [6.45, 7) is 7.29. The third-order valence-electron chi connectivity index (χ3n) is 0.759. The molecule has 0 atom stereocenters. The quantitative estimate of drug-likeness (QED) is 0.533. The minimum absolute atomic E-state index is 0.821. The zero-order valence-corrected chi connectivity index (χ0v) is 8.20. The highest BCUT2D eigenvalue weighted by Gasteiger charge is 1.86. The van der Waals surface area contributed by atoms with Gasteiger partial charge in [-0.1, -0.05) is 51.1 Å². The van der Waals surface area contributed by atoms with Gasteiger partial charge in [-0.05, 0) is 11.6 Å². The van der Waals surface area contributed by atoms with Crippen LogP contribution in [0.5, 0.6) is 0 Å². The van der Waals surface area contributed by atoms with E-state index in [1.165, 1.54) is 0 Å². The highest BCUT2D eigenvalue weighted by molar-refractivity contribution is 9.11. The summed E-state index contributed by atoms with van der Waals surface area (Å²) < 4.78 is 0.872. The van der Waals surface area contributed by atoms with E-state index in [2.05, 4.69) is 45.0 Å². The van der Waals surface area contributed by atoms with Crippen LogP contribution in [0, 0.1) is 0 Å². The van der Waals surface area contributed by atoms with Crippen LogP contribution in [0.25, 0.3) is 0 Å².